The lowest BCUT2D eigenvalue weighted by atomic mass is 10.00. The molecule has 0 bridgehead atoms. The van der Waals surface area contributed by atoms with Crippen LogP contribution in [0.3, 0.4) is 0 Å². The van der Waals surface area contributed by atoms with Crippen molar-refractivity contribution in [2.24, 2.45) is 0 Å². The Morgan fingerprint density at radius 3 is 1.94 bits per heavy atom. The summed E-state index contributed by atoms with van der Waals surface area (Å²) in [7, 11) is 0. The monoisotopic (exact) mass is 802 g/mol. The van der Waals surface area contributed by atoms with E-state index in [-0.39, 0.29) is 41.8 Å². The summed E-state index contributed by atoms with van der Waals surface area (Å²) in [6.07, 6.45) is 3.49. The van der Waals surface area contributed by atoms with Gasteiger partial charge in [0.25, 0.3) is 0 Å². The molecule has 2 aliphatic rings. The third-order valence-corrected chi connectivity index (χ3v) is 7.48. The molecule has 2 aromatic rings. The van der Waals surface area contributed by atoms with E-state index in [1.165, 1.54) is 48.1 Å². The lowest BCUT2D eigenvalue weighted by Gasteiger charge is -2.25. The van der Waals surface area contributed by atoms with Crippen LogP contribution in [0.25, 0.3) is 0 Å². The van der Waals surface area contributed by atoms with Crippen LogP contribution in [0.15, 0.2) is 42.5 Å². The summed E-state index contributed by atoms with van der Waals surface area (Å²) in [6.45, 7) is 18.1. The molecule has 0 saturated carbocycles. The second kappa shape index (κ2) is 21.2. The second-order valence-electron chi connectivity index (χ2n) is 13.9. The molecule has 0 radical (unpaired) electrons. The molecule has 2 aromatic carbocycles. The van der Waals surface area contributed by atoms with E-state index in [0.717, 1.165) is 23.2 Å². The number of aryl methyl sites for hydroxylation is 1. The van der Waals surface area contributed by atoms with Gasteiger partial charge in [0.1, 0.15) is 22.8 Å². The molecule has 9 nitrogen and oxygen atoms in total. The van der Waals surface area contributed by atoms with Gasteiger partial charge in [-0.2, -0.15) is 0 Å². The fraction of sp³-hybridized carbons (Fsp3) is 0.568. The number of ether oxygens (including phenoxy) is 3. The van der Waals surface area contributed by atoms with Crippen molar-refractivity contribution in [1.82, 2.24) is 10.2 Å². The Kier molecular flexibility index (Phi) is 19.0. The van der Waals surface area contributed by atoms with Crippen LogP contribution in [0.2, 0.25) is 0 Å². The maximum atomic E-state index is 13.0. The van der Waals surface area contributed by atoms with Gasteiger partial charge >= 0.3 is 12.2 Å². The minimum Gasteiger partial charge on any atom is -0.444 e. The Morgan fingerprint density at radius 2 is 1.51 bits per heavy atom. The molecule has 12 heteroatoms. The lowest BCUT2D eigenvalue weighted by molar-refractivity contribution is -0.127. The van der Waals surface area contributed by atoms with E-state index in [4.69, 9.17) is 14.2 Å². The van der Waals surface area contributed by atoms with Crippen molar-refractivity contribution in [2.75, 3.05) is 13.2 Å². The average molecular weight is 803 g/mol. The van der Waals surface area contributed by atoms with E-state index < -0.39 is 23.4 Å². The van der Waals surface area contributed by atoms with E-state index >= 15 is 0 Å². The fourth-order valence-electron chi connectivity index (χ4n) is 4.36. The third kappa shape index (κ3) is 19.6. The van der Waals surface area contributed by atoms with Gasteiger partial charge in [-0.1, -0.05) is 0 Å². The summed E-state index contributed by atoms with van der Waals surface area (Å²) >= 11 is 2.13. The average Bonchev–Trinajstić information content (AvgIpc) is 3.66. The number of carbonyl (C=O) groups is 4. The van der Waals surface area contributed by atoms with Crippen LogP contribution in [0, 0.1) is 22.1 Å². The molecule has 1 N–H and O–H groups in total. The van der Waals surface area contributed by atoms with Crippen molar-refractivity contribution in [2.45, 2.75) is 124 Å². The molecule has 274 valence electrons. The van der Waals surface area contributed by atoms with Crippen LogP contribution in [-0.2, 0) is 19.0 Å². The SMILES string of the molecule is C1CCOC1.CC1CCC(=O)N1C(=O)OC(C)(C)C.Cc1cc(F)ccc1C(=O)CCC(C)NC(=O)OC(C)(C)C.Fc1ccc(I)cc1. The number of amides is 3. The van der Waals surface area contributed by atoms with Gasteiger partial charge in [-0.05, 0) is 159 Å². The standard InChI is InChI=1S/C17H24FNO3.C10H17NO3.C6H4FI.C4H8O/c1-11-10-13(18)7-8-14(11)15(20)9-6-12(2)19-16(21)22-17(3,4)5;1-7-5-6-8(12)11(7)9(13)14-10(2,3)4;7-5-1-3-6(8)4-2-5;1-2-4-5-3-1/h7-8,10,12H,6,9H2,1-5H3,(H,19,21);7H,5-6H2,1-4H3;1-4H;1-4H2. The molecule has 49 heavy (non-hydrogen) atoms. The number of hydrogen-bond acceptors (Lipinski definition) is 7. The van der Waals surface area contributed by atoms with Crippen LogP contribution in [0.4, 0.5) is 18.4 Å². The summed E-state index contributed by atoms with van der Waals surface area (Å²) in [5, 5.41) is 2.69. The molecule has 0 aromatic heterocycles. The number of halogens is 3. The van der Waals surface area contributed by atoms with E-state index in [9.17, 15) is 28.0 Å². The van der Waals surface area contributed by atoms with Crippen molar-refractivity contribution in [1.29, 1.82) is 0 Å². The summed E-state index contributed by atoms with van der Waals surface area (Å²) < 4.78 is 41.4. The number of likely N-dealkylation sites (tertiary alicyclic amines) is 1. The van der Waals surface area contributed by atoms with Crippen molar-refractivity contribution in [3.63, 3.8) is 0 Å². The molecule has 2 atom stereocenters. The van der Waals surface area contributed by atoms with Gasteiger partial charge in [-0.15, -0.1) is 0 Å². The van der Waals surface area contributed by atoms with E-state index in [2.05, 4.69) is 27.9 Å². The molecule has 0 spiro atoms. The van der Waals surface area contributed by atoms with Crippen molar-refractivity contribution < 1.29 is 42.2 Å². The van der Waals surface area contributed by atoms with E-state index in [1.807, 2.05) is 13.8 Å². The van der Waals surface area contributed by atoms with Crippen LogP contribution in [0.1, 0.15) is 110 Å². The lowest BCUT2D eigenvalue weighted by Crippen LogP contribution is -2.41. The van der Waals surface area contributed by atoms with Crippen molar-refractivity contribution in [3.8, 4) is 0 Å². The zero-order valence-electron chi connectivity index (χ0n) is 30.3. The van der Waals surface area contributed by atoms with Gasteiger partial charge in [0.15, 0.2) is 5.78 Å². The minimum absolute atomic E-state index is 0.0302. The van der Waals surface area contributed by atoms with E-state index in [1.54, 1.807) is 60.6 Å². The number of hydrogen-bond donors (Lipinski definition) is 1. The first-order valence-electron chi connectivity index (χ1n) is 16.5. The van der Waals surface area contributed by atoms with Crippen LogP contribution < -0.4 is 5.32 Å². The summed E-state index contributed by atoms with van der Waals surface area (Å²) in [5.41, 5.74) is 0.0495. The quantitative estimate of drug-likeness (QED) is 0.237. The normalized spacial score (nSPS) is 16.1. The highest BCUT2D eigenvalue weighted by Gasteiger charge is 2.35. The number of nitrogens with zero attached hydrogens (tertiary/aromatic N) is 1. The minimum atomic E-state index is -0.551. The summed E-state index contributed by atoms with van der Waals surface area (Å²) in [6, 6.07) is 10.3. The Hall–Kier alpha value is -3.13. The van der Waals surface area contributed by atoms with Gasteiger partial charge in [0, 0.05) is 47.3 Å². The second-order valence-corrected chi connectivity index (χ2v) is 15.1. The van der Waals surface area contributed by atoms with Gasteiger partial charge in [0.2, 0.25) is 5.91 Å². The number of rotatable bonds is 5. The molecule has 4 rings (SSSR count). The zero-order chi connectivity index (χ0) is 37.4. The number of alkyl carbamates (subject to hydrolysis) is 1. The summed E-state index contributed by atoms with van der Waals surface area (Å²) in [4.78, 5) is 47.9. The number of nitrogens with one attached hydrogen (secondary N) is 1. The molecule has 2 saturated heterocycles. The summed E-state index contributed by atoms with van der Waals surface area (Å²) in [5.74, 6) is -0.721. The first-order valence-corrected chi connectivity index (χ1v) is 17.6. The maximum absolute atomic E-state index is 13.0. The Morgan fingerprint density at radius 1 is 0.959 bits per heavy atom. The van der Waals surface area contributed by atoms with Crippen LogP contribution >= 0.6 is 22.6 Å². The predicted octanol–water partition coefficient (Wildman–Crippen LogP) is 9.17. The third-order valence-electron chi connectivity index (χ3n) is 6.76. The number of imide groups is 1. The van der Waals surface area contributed by atoms with E-state index in [0.29, 0.717) is 24.0 Å². The Bertz CT molecular complexity index is 1330. The molecule has 2 aliphatic heterocycles. The highest BCUT2D eigenvalue weighted by molar-refractivity contribution is 14.1. The van der Waals surface area contributed by atoms with Crippen molar-refractivity contribution >= 4 is 46.5 Å². The predicted molar refractivity (Wildman–Crippen MR) is 194 cm³/mol. The Balaban J connectivity index is 0.000000373. The van der Waals surface area contributed by atoms with Gasteiger partial charge in [-0.25, -0.2) is 23.3 Å². The first kappa shape index (κ1) is 43.9. The molecule has 0 aliphatic carbocycles. The van der Waals surface area contributed by atoms with Gasteiger partial charge in [-0.3, -0.25) is 9.59 Å². The molecule has 2 fully saturated rings. The zero-order valence-corrected chi connectivity index (χ0v) is 32.4. The number of ketones is 1. The smallest absolute Gasteiger partial charge is 0.417 e. The topological polar surface area (TPSA) is 111 Å². The highest BCUT2D eigenvalue weighted by Crippen LogP contribution is 2.21. The molecule has 2 heterocycles. The highest BCUT2D eigenvalue weighted by atomic mass is 127. The first-order chi connectivity index (χ1) is 22.7. The number of carbonyl (C=O) groups excluding carboxylic acids is 4. The fourth-order valence-corrected chi connectivity index (χ4v) is 4.72. The molecule has 2 unspecified atom stereocenters. The molecule has 3 amide bonds. The van der Waals surface area contributed by atoms with Crippen LogP contribution in [-0.4, -0.2) is 65.3 Å². The molecular formula is C37H53F2IN2O7. The number of Topliss-reactive ketones (excluding diaryl/α,β-unsaturated/α-hetero) is 1. The largest absolute Gasteiger partial charge is 0.444 e. The number of benzene rings is 2. The van der Waals surface area contributed by atoms with Gasteiger partial charge in [0.05, 0.1) is 0 Å². The van der Waals surface area contributed by atoms with Crippen molar-refractivity contribution in [3.05, 3.63) is 68.8 Å². The Labute approximate surface area is 304 Å². The maximum Gasteiger partial charge on any atom is 0.417 e. The van der Waals surface area contributed by atoms with Crippen LogP contribution in [0.5, 0.6) is 0 Å². The van der Waals surface area contributed by atoms with Gasteiger partial charge < -0.3 is 19.5 Å². The molecular weight excluding hydrogens is 749 g/mol.